The van der Waals surface area contributed by atoms with E-state index in [-0.39, 0.29) is 33.8 Å². The fourth-order valence-corrected chi connectivity index (χ4v) is 4.64. The summed E-state index contributed by atoms with van der Waals surface area (Å²) in [6.07, 6.45) is 2.45. The summed E-state index contributed by atoms with van der Waals surface area (Å²) in [7, 11) is -1.13. The number of methoxy groups -OCH3 is 1. The maximum absolute atomic E-state index is 14.5. The van der Waals surface area contributed by atoms with E-state index in [1.807, 2.05) is 0 Å². The first-order chi connectivity index (χ1) is 14.0. The van der Waals surface area contributed by atoms with Gasteiger partial charge in [0.2, 0.25) is 21.9 Å². The predicted molar refractivity (Wildman–Crippen MR) is 108 cm³/mol. The second kappa shape index (κ2) is 7.69. The highest BCUT2D eigenvalue weighted by molar-refractivity contribution is 7.89. The first kappa shape index (κ1) is 21.7. The number of anilines is 1. The van der Waals surface area contributed by atoms with Gasteiger partial charge in [0, 0.05) is 18.3 Å². The molecule has 1 amide bonds. The van der Waals surface area contributed by atoms with Gasteiger partial charge < -0.3 is 15.8 Å². The van der Waals surface area contributed by atoms with E-state index in [9.17, 15) is 17.6 Å². The van der Waals surface area contributed by atoms with E-state index in [2.05, 4.69) is 20.3 Å². The zero-order valence-corrected chi connectivity index (χ0v) is 17.8. The third-order valence-corrected chi connectivity index (χ3v) is 6.83. The number of carbonyl (C=O) groups is 1. The lowest BCUT2D eigenvalue weighted by Crippen LogP contribution is -2.50. The van der Waals surface area contributed by atoms with Gasteiger partial charge in [-0.05, 0) is 19.1 Å². The monoisotopic (exact) mass is 456 g/mol. The molecule has 0 radical (unpaired) electrons. The molecule has 13 heteroatoms. The topological polar surface area (TPSA) is 140 Å². The highest BCUT2D eigenvalue weighted by Gasteiger charge is 2.42. The summed E-state index contributed by atoms with van der Waals surface area (Å²) in [6.45, 7) is 1.46. The summed E-state index contributed by atoms with van der Waals surface area (Å²) >= 11 is 6.11. The van der Waals surface area contributed by atoms with Crippen LogP contribution < -0.4 is 15.8 Å². The molecule has 2 heterocycles. The molecule has 1 aromatic heterocycles. The van der Waals surface area contributed by atoms with Crippen LogP contribution in [0.3, 0.4) is 0 Å². The van der Waals surface area contributed by atoms with Gasteiger partial charge in [0.15, 0.2) is 0 Å². The Labute approximate surface area is 177 Å². The number of nitrogens with two attached hydrogens (primary N) is 1. The predicted octanol–water partition coefficient (Wildman–Crippen LogP) is 1.34. The van der Waals surface area contributed by atoms with Gasteiger partial charge in [-0.15, -0.1) is 0 Å². The Hall–Kier alpha value is -2.99. The van der Waals surface area contributed by atoms with Crippen molar-refractivity contribution in [1.82, 2.24) is 14.3 Å². The molecule has 0 fully saturated rings. The van der Waals surface area contributed by atoms with Gasteiger partial charge in [-0.2, -0.15) is 0 Å². The molecule has 1 atom stereocenters. The lowest BCUT2D eigenvalue weighted by atomic mass is 9.93. The highest BCUT2D eigenvalue weighted by atomic mass is 35.5. The Kier molecular flexibility index (Phi) is 5.56. The molecule has 0 aliphatic carbocycles. The number of rotatable bonds is 4. The van der Waals surface area contributed by atoms with Crippen molar-refractivity contribution >= 4 is 39.2 Å². The number of hydrogen-bond acceptors (Lipinski definition) is 8. The Morgan fingerprint density at radius 1 is 1.37 bits per heavy atom. The average Bonchev–Trinajstić information content (AvgIpc) is 2.68. The first-order valence-electron chi connectivity index (χ1n) is 8.45. The first-order valence-corrected chi connectivity index (χ1v) is 10.4. The normalized spacial score (nSPS) is 20.4. The SMILES string of the molecule is COc1cnc(C(=O)Nc2cc(F)c(Cl)c([C@]3(C)CS(=O)(=O)N(C)C(N)=N3)c2)cn1. The molecule has 0 spiro atoms. The average molecular weight is 457 g/mol. The minimum absolute atomic E-state index is 0.0286. The number of guanidine groups is 1. The maximum Gasteiger partial charge on any atom is 0.275 e. The molecule has 0 unspecified atom stereocenters. The molecule has 1 aromatic carbocycles. The Balaban J connectivity index is 1.99. The van der Waals surface area contributed by atoms with Gasteiger partial charge in [-0.3, -0.25) is 4.79 Å². The molecule has 0 saturated carbocycles. The zero-order valence-electron chi connectivity index (χ0n) is 16.2. The molecule has 10 nitrogen and oxygen atoms in total. The van der Waals surface area contributed by atoms with Crippen molar-refractivity contribution < 1.29 is 22.3 Å². The minimum Gasteiger partial charge on any atom is -0.480 e. The van der Waals surface area contributed by atoms with Crippen LogP contribution in [0.15, 0.2) is 29.5 Å². The van der Waals surface area contributed by atoms with E-state index in [4.69, 9.17) is 22.1 Å². The van der Waals surface area contributed by atoms with Gasteiger partial charge in [-0.25, -0.2) is 32.1 Å². The number of nitrogens with one attached hydrogen (secondary N) is 1. The molecule has 1 aliphatic heterocycles. The van der Waals surface area contributed by atoms with E-state index in [0.29, 0.717) is 0 Å². The van der Waals surface area contributed by atoms with Crippen LogP contribution in [0.4, 0.5) is 10.1 Å². The minimum atomic E-state index is -3.80. The molecule has 3 rings (SSSR count). The lowest BCUT2D eigenvalue weighted by Gasteiger charge is -2.35. The van der Waals surface area contributed by atoms with Crippen molar-refractivity contribution in [2.75, 3.05) is 25.2 Å². The summed E-state index contributed by atoms with van der Waals surface area (Å²) in [4.78, 5) is 24.4. The fourth-order valence-electron chi connectivity index (χ4n) is 2.88. The summed E-state index contributed by atoms with van der Waals surface area (Å²) in [5, 5.41) is 2.16. The summed E-state index contributed by atoms with van der Waals surface area (Å²) in [5.74, 6) is -2.06. The molecule has 160 valence electrons. The van der Waals surface area contributed by atoms with Crippen LogP contribution in [0.2, 0.25) is 5.02 Å². The largest absolute Gasteiger partial charge is 0.480 e. The summed E-state index contributed by atoms with van der Waals surface area (Å²) in [5.41, 5.74) is 4.32. The van der Waals surface area contributed by atoms with Crippen LogP contribution >= 0.6 is 11.6 Å². The standard InChI is InChI=1S/C17H18ClFN6O4S/c1-17(8-30(27,28)25(2)16(20)24-17)10-4-9(5-11(19)14(10)18)23-15(26)12-6-22-13(29-3)7-21-12/h4-7H,8H2,1-3H3,(H2,20,24)(H,23,26)/t17-/m0/s1. The number of aromatic nitrogens is 2. The number of hydrogen-bond donors (Lipinski definition) is 2. The van der Waals surface area contributed by atoms with Crippen molar-refractivity contribution in [3.8, 4) is 5.88 Å². The van der Waals surface area contributed by atoms with Crippen LogP contribution in [-0.2, 0) is 15.6 Å². The Morgan fingerprint density at radius 3 is 2.63 bits per heavy atom. The molecular formula is C17H18ClFN6O4S. The summed E-state index contributed by atoms with van der Waals surface area (Å²) < 4.78 is 45.1. The third-order valence-electron chi connectivity index (χ3n) is 4.50. The number of sulfonamides is 1. The van der Waals surface area contributed by atoms with E-state index >= 15 is 0 Å². The second-order valence-corrected chi connectivity index (χ2v) is 9.06. The van der Waals surface area contributed by atoms with Crippen molar-refractivity contribution in [2.45, 2.75) is 12.5 Å². The van der Waals surface area contributed by atoms with Crippen LogP contribution in [0.1, 0.15) is 23.0 Å². The quantitative estimate of drug-likeness (QED) is 0.707. The van der Waals surface area contributed by atoms with Crippen LogP contribution in [0.5, 0.6) is 5.88 Å². The van der Waals surface area contributed by atoms with Crippen molar-refractivity contribution in [3.63, 3.8) is 0 Å². The Bertz CT molecular complexity index is 1140. The number of benzene rings is 1. The highest BCUT2D eigenvalue weighted by Crippen LogP contribution is 2.38. The lowest BCUT2D eigenvalue weighted by molar-refractivity contribution is 0.102. The van der Waals surface area contributed by atoms with Crippen LogP contribution in [-0.4, -0.2) is 54.5 Å². The fraction of sp³-hybridized carbons (Fsp3) is 0.294. The number of amides is 1. The Morgan fingerprint density at radius 2 is 2.07 bits per heavy atom. The van der Waals surface area contributed by atoms with E-state index in [1.165, 1.54) is 39.5 Å². The number of ether oxygens (including phenoxy) is 1. The molecular weight excluding hydrogens is 439 g/mol. The van der Waals surface area contributed by atoms with E-state index < -0.39 is 33.0 Å². The molecule has 0 bridgehead atoms. The molecule has 2 aromatic rings. The number of aliphatic imine (C=N–C) groups is 1. The maximum atomic E-state index is 14.5. The van der Waals surface area contributed by atoms with Gasteiger partial charge in [0.25, 0.3) is 5.91 Å². The van der Waals surface area contributed by atoms with Crippen molar-refractivity contribution in [2.24, 2.45) is 10.7 Å². The number of halogens is 2. The van der Waals surface area contributed by atoms with Gasteiger partial charge >= 0.3 is 0 Å². The van der Waals surface area contributed by atoms with Crippen molar-refractivity contribution in [1.29, 1.82) is 0 Å². The van der Waals surface area contributed by atoms with E-state index in [1.54, 1.807) is 0 Å². The second-order valence-electron chi connectivity index (χ2n) is 6.69. The van der Waals surface area contributed by atoms with Crippen LogP contribution in [0, 0.1) is 5.82 Å². The molecule has 3 N–H and O–H groups in total. The summed E-state index contributed by atoms with van der Waals surface area (Å²) in [6, 6.07) is 2.35. The van der Waals surface area contributed by atoms with Crippen LogP contribution in [0.25, 0.3) is 0 Å². The van der Waals surface area contributed by atoms with Gasteiger partial charge in [-0.1, -0.05) is 11.6 Å². The molecule has 1 aliphatic rings. The van der Waals surface area contributed by atoms with E-state index in [0.717, 1.165) is 10.4 Å². The number of carbonyl (C=O) groups excluding carboxylic acids is 1. The van der Waals surface area contributed by atoms with Gasteiger partial charge in [0.1, 0.15) is 17.1 Å². The molecule has 30 heavy (non-hydrogen) atoms. The third kappa shape index (κ3) is 4.00. The molecule has 0 saturated heterocycles. The zero-order chi connectivity index (χ0) is 22.3. The van der Waals surface area contributed by atoms with Crippen molar-refractivity contribution in [3.05, 3.63) is 46.6 Å². The number of nitrogens with zero attached hydrogens (tertiary/aromatic N) is 4. The smallest absolute Gasteiger partial charge is 0.275 e. The van der Waals surface area contributed by atoms with Gasteiger partial charge in [0.05, 0.1) is 30.3 Å².